The predicted molar refractivity (Wildman–Crippen MR) is 98.9 cm³/mol. The quantitative estimate of drug-likeness (QED) is 0.840. The summed E-state index contributed by atoms with van der Waals surface area (Å²) in [6.45, 7) is 6.44. The van der Waals surface area contributed by atoms with E-state index in [0.29, 0.717) is 23.2 Å². The van der Waals surface area contributed by atoms with Crippen LogP contribution in [-0.4, -0.2) is 39.9 Å². The van der Waals surface area contributed by atoms with Crippen LogP contribution in [-0.2, 0) is 6.54 Å². The van der Waals surface area contributed by atoms with Gasteiger partial charge in [-0.1, -0.05) is 29.8 Å². The third kappa shape index (κ3) is 2.76. The number of hydrogen-bond acceptors (Lipinski definition) is 4. The molecule has 0 saturated carbocycles. The molecule has 0 spiro atoms. The maximum atomic E-state index is 12.9. The summed E-state index contributed by atoms with van der Waals surface area (Å²) in [5, 5.41) is 0.645. The molecule has 4 rings (SSSR count). The maximum absolute atomic E-state index is 12.9. The van der Waals surface area contributed by atoms with Gasteiger partial charge in [-0.05, 0) is 32.8 Å². The zero-order chi connectivity index (χ0) is 17.6. The molecule has 1 fully saturated rings. The first kappa shape index (κ1) is 16.3. The molecule has 2 aromatic rings. The van der Waals surface area contributed by atoms with Gasteiger partial charge in [0.2, 0.25) is 5.95 Å². The number of carbonyl (C=O) groups is 1. The van der Waals surface area contributed by atoms with Gasteiger partial charge in [-0.25, -0.2) is 9.97 Å². The van der Waals surface area contributed by atoms with E-state index in [1.54, 1.807) is 0 Å². The molecular weight excluding hydrogens is 336 g/mol. The SMILES string of the molecule is CC(C)N1Cc2c(nc(N3CCCC3)nc2-c2ccccc2Cl)C1=O. The predicted octanol–water partition coefficient (Wildman–Crippen LogP) is 3.76. The molecule has 25 heavy (non-hydrogen) atoms. The number of hydrogen-bond donors (Lipinski definition) is 0. The molecule has 6 heteroatoms. The summed E-state index contributed by atoms with van der Waals surface area (Å²) in [4.78, 5) is 26.3. The van der Waals surface area contributed by atoms with Crippen LogP contribution in [0, 0.1) is 0 Å². The van der Waals surface area contributed by atoms with Crippen molar-refractivity contribution in [2.45, 2.75) is 39.3 Å². The Kier molecular flexibility index (Phi) is 4.12. The molecule has 0 aliphatic carbocycles. The summed E-state index contributed by atoms with van der Waals surface area (Å²) in [6, 6.07) is 7.79. The maximum Gasteiger partial charge on any atom is 0.273 e. The number of fused-ring (bicyclic) bond motifs is 1. The smallest absolute Gasteiger partial charge is 0.273 e. The van der Waals surface area contributed by atoms with Crippen molar-refractivity contribution in [3.8, 4) is 11.3 Å². The molecule has 1 aromatic heterocycles. The normalized spacial score (nSPS) is 16.9. The highest BCUT2D eigenvalue weighted by atomic mass is 35.5. The summed E-state index contributed by atoms with van der Waals surface area (Å²) in [7, 11) is 0. The van der Waals surface area contributed by atoms with Crippen LogP contribution in [0.1, 0.15) is 42.7 Å². The van der Waals surface area contributed by atoms with Gasteiger partial charge in [-0.15, -0.1) is 0 Å². The molecule has 2 aliphatic heterocycles. The Labute approximate surface area is 152 Å². The topological polar surface area (TPSA) is 49.3 Å². The molecule has 0 N–H and O–H groups in total. The van der Waals surface area contributed by atoms with E-state index in [0.717, 1.165) is 42.8 Å². The zero-order valence-electron chi connectivity index (χ0n) is 14.5. The fourth-order valence-electron chi connectivity index (χ4n) is 3.53. The minimum atomic E-state index is -0.0128. The van der Waals surface area contributed by atoms with Crippen molar-refractivity contribution >= 4 is 23.5 Å². The van der Waals surface area contributed by atoms with Gasteiger partial charge in [0.1, 0.15) is 5.69 Å². The van der Waals surface area contributed by atoms with Gasteiger partial charge in [0, 0.05) is 35.3 Å². The van der Waals surface area contributed by atoms with Gasteiger partial charge in [-0.2, -0.15) is 0 Å². The lowest BCUT2D eigenvalue weighted by Crippen LogP contribution is -2.31. The van der Waals surface area contributed by atoms with Crippen molar-refractivity contribution in [3.63, 3.8) is 0 Å². The summed E-state index contributed by atoms with van der Waals surface area (Å²) in [6.07, 6.45) is 2.27. The van der Waals surface area contributed by atoms with Crippen LogP contribution in [0.15, 0.2) is 24.3 Å². The highest BCUT2D eigenvalue weighted by Gasteiger charge is 2.35. The Morgan fingerprint density at radius 2 is 1.76 bits per heavy atom. The molecule has 130 valence electrons. The second-order valence-corrected chi connectivity index (χ2v) is 7.31. The van der Waals surface area contributed by atoms with Gasteiger partial charge in [-0.3, -0.25) is 4.79 Å². The number of carbonyl (C=O) groups excluding carboxylic acids is 1. The van der Waals surface area contributed by atoms with Gasteiger partial charge < -0.3 is 9.80 Å². The molecule has 0 bridgehead atoms. The Morgan fingerprint density at radius 1 is 1.08 bits per heavy atom. The van der Waals surface area contributed by atoms with E-state index in [9.17, 15) is 4.79 Å². The van der Waals surface area contributed by atoms with E-state index >= 15 is 0 Å². The van der Waals surface area contributed by atoms with Crippen molar-refractivity contribution in [3.05, 3.63) is 40.5 Å². The monoisotopic (exact) mass is 356 g/mol. The molecule has 5 nitrogen and oxygen atoms in total. The lowest BCUT2D eigenvalue weighted by Gasteiger charge is -2.19. The van der Waals surface area contributed by atoms with Crippen LogP contribution in [0.3, 0.4) is 0 Å². The van der Waals surface area contributed by atoms with E-state index in [2.05, 4.69) is 9.88 Å². The van der Waals surface area contributed by atoms with Crippen LogP contribution >= 0.6 is 11.6 Å². The number of anilines is 1. The van der Waals surface area contributed by atoms with Crippen molar-refractivity contribution in [2.24, 2.45) is 0 Å². The largest absolute Gasteiger partial charge is 0.341 e. The first-order valence-corrected chi connectivity index (χ1v) is 9.16. The lowest BCUT2D eigenvalue weighted by atomic mass is 10.1. The number of benzene rings is 1. The third-order valence-corrected chi connectivity index (χ3v) is 5.26. The Bertz CT molecular complexity index is 830. The minimum absolute atomic E-state index is 0.0128. The molecule has 3 heterocycles. The van der Waals surface area contributed by atoms with Gasteiger partial charge in [0.05, 0.1) is 12.2 Å². The van der Waals surface area contributed by atoms with Gasteiger partial charge in [0.25, 0.3) is 5.91 Å². The van der Waals surface area contributed by atoms with Crippen LogP contribution in [0.25, 0.3) is 11.3 Å². The van der Waals surface area contributed by atoms with Crippen molar-refractivity contribution in [1.82, 2.24) is 14.9 Å². The first-order chi connectivity index (χ1) is 12.1. The summed E-state index contributed by atoms with van der Waals surface area (Å²) in [5.41, 5.74) is 3.06. The molecule has 0 atom stereocenters. The first-order valence-electron chi connectivity index (χ1n) is 8.78. The number of nitrogens with zero attached hydrogens (tertiary/aromatic N) is 4. The Balaban J connectivity index is 1.90. The van der Waals surface area contributed by atoms with Crippen LogP contribution in [0.2, 0.25) is 5.02 Å². The number of rotatable bonds is 3. The average Bonchev–Trinajstić information content (AvgIpc) is 3.23. The lowest BCUT2D eigenvalue weighted by molar-refractivity contribution is 0.0726. The highest BCUT2D eigenvalue weighted by molar-refractivity contribution is 6.33. The number of aromatic nitrogens is 2. The molecule has 1 aromatic carbocycles. The number of amides is 1. The van der Waals surface area contributed by atoms with Crippen LogP contribution < -0.4 is 4.90 Å². The van der Waals surface area contributed by atoms with E-state index < -0.39 is 0 Å². The standard InChI is InChI=1S/C19H21ClN4O/c1-12(2)24-11-14-16(13-7-3-4-8-15(13)20)21-19(22-17(14)18(24)25)23-9-5-6-10-23/h3-4,7-8,12H,5-6,9-11H2,1-2H3. The molecule has 1 amide bonds. The van der Waals surface area contributed by atoms with Gasteiger partial charge >= 0.3 is 0 Å². The second-order valence-electron chi connectivity index (χ2n) is 6.90. The third-order valence-electron chi connectivity index (χ3n) is 4.93. The Morgan fingerprint density at radius 3 is 2.44 bits per heavy atom. The molecular formula is C19H21ClN4O. The second kappa shape index (κ2) is 6.30. The van der Waals surface area contributed by atoms with Crippen LogP contribution in [0.5, 0.6) is 0 Å². The fraction of sp³-hybridized carbons (Fsp3) is 0.421. The van der Waals surface area contributed by atoms with Crippen molar-refractivity contribution < 1.29 is 4.79 Å². The summed E-state index contributed by atoms with van der Waals surface area (Å²) in [5.74, 6) is 0.631. The van der Waals surface area contributed by atoms with Crippen molar-refractivity contribution in [1.29, 1.82) is 0 Å². The van der Waals surface area contributed by atoms with Crippen molar-refractivity contribution in [2.75, 3.05) is 18.0 Å². The zero-order valence-corrected chi connectivity index (χ0v) is 15.3. The summed E-state index contributed by atoms with van der Waals surface area (Å²) < 4.78 is 0. The summed E-state index contributed by atoms with van der Waals surface area (Å²) >= 11 is 6.44. The minimum Gasteiger partial charge on any atom is -0.341 e. The van der Waals surface area contributed by atoms with E-state index in [1.165, 1.54) is 0 Å². The van der Waals surface area contributed by atoms with Gasteiger partial charge in [0.15, 0.2) is 0 Å². The molecule has 2 aliphatic rings. The van der Waals surface area contributed by atoms with Crippen LogP contribution in [0.4, 0.5) is 5.95 Å². The highest BCUT2D eigenvalue weighted by Crippen LogP contribution is 2.36. The fourth-order valence-corrected chi connectivity index (χ4v) is 3.75. The van der Waals surface area contributed by atoms with E-state index in [-0.39, 0.29) is 11.9 Å². The number of halogens is 1. The molecule has 0 radical (unpaired) electrons. The Hall–Kier alpha value is -2.14. The van der Waals surface area contributed by atoms with E-state index in [4.69, 9.17) is 16.6 Å². The van der Waals surface area contributed by atoms with E-state index in [1.807, 2.05) is 43.0 Å². The molecule has 1 saturated heterocycles. The molecule has 0 unspecified atom stereocenters. The average molecular weight is 357 g/mol.